The molecule has 0 unspecified atom stereocenters. The number of carbonyl (C=O) groups is 1. The molecule has 0 aliphatic heterocycles. The Bertz CT molecular complexity index is 791. The van der Waals surface area contributed by atoms with Crippen molar-refractivity contribution in [3.63, 3.8) is 0 Å². The van der Waals surface area contributed by atoms with Crippen LogP contribution < -0.4 is 5.32 Å². The molecule has 1 amide bonds. The molecule has 0 bridgehead atoms. The molecule has 3 aromatic rings. The zero-order valence-corrected chi connectivity index (χ0v) is 11.3. The fraction of sp³-hybridized carbons (Fsp3) is 0.133. The first-order valence-corrected chi connectivity index (χ1v) is 6.30. The summed E-state index contributed by atoms with van der Waals surface area (Å²) in [5.74, 6) is 0.343. The van der Waals surface area contributed by atoms with Crippen molar-refractivity contribution in [1.82, 2.24) is 14.5 Å². The highest BCUT2D eigenvalue weighted by Gasteiger charge is 2.12. The number of hydrogen-bond donors (Lipinski definition) is 1. The molecule has 0 fully saturated rings. The summed E-state index contributed by atoms with van der Waals surface area (Å²) in [6, 6.07) is 9.25. The third-order valence-corrected chi connectivity index (χ3v) is 3.33. The number of carbonyl (C=O) groups excluding carboxylic acids is 1. The van der Waals surface area contributed by atoms with Crippen LogP contribution in [0.25, 0.3) is 11.0 Å². The van der Waals surface area contributed by atoms with E-state index in [1.165, 1.54) is 0 Å². The van der Waals surface area contributed by atoms with Gasteiger partial charge in [0, 0.05) is 30.5 Å². The molecule has 5 heteroatoms. The Hall–Kier alpha value is -2.69. The quantitative estimate of drug-likeness (QED) is 0.775. The summed E-state index contributed by atoms with van der Waals surface area (Å²) >= 11 is 0. The van der Waals surface area contributed by atoms with Gasteiger partial charge in [-0.25, -0.2) is 9.97 Å². The van der Waals surface area contributed by atoms with Crippen molar-refractivity contribution < 1.29 is 4.79 Å². The minimum atomic E-state index is -0.161. The van der Waals surface area contributed by atoms with Crippen LogP contribution in [0.5, 0.6) is 0 Å². The van der Waals surface area contributed by atoms with Gasteiger partial charge in [-0.05, 0) is 37.3 Å². The number of fused-ring (bicyclic) bond motifs is 1. The molecule has 1 N–H and O–H groups in total. The zero-order chi connectivity index (χ0) is 14.1. The highest BCUT2D eigenvalue weighted by Crippen LogP contribution is 2.15. The summed E-state index contributed by atoms with van der Waals surface area (Å²) in [5, 5.41) is 3.75. The van der Waals surface area contributed by atoms with Crippen LogP contribution in [0.1, 0.15) is 16.1 Å². The Kier molecular flexibility index (Phi) is 2.95. The molecule has 100 valence electrons. The number of anilines is 1. The predicted octanol–water partition coefficient (Wildman–Crippen LogP) is 2.53. The van der Waals surface area contributed by atoms with Crippen LogP contribution in [-0.2, 0) is 7.05 Å². The Morgan fingerprint density at radius 1 is 1.25 bits per heavy atom. The average Bonchev–Trinajstić information content (AvgIpc) is 2.79. The molecule has 20 heavy (non-hydrogen) atoms. The van der Waals surface area contributed by atoms with Gasteiger partial charge >= 0.3 is 0 Å². The summed E-state index contributed by atoms with van der Waals surface area (Å²) in [6.07, 6.45) is 3.54. The first-order valence-electron chi connectivity index (χ1n) is 6.30. The molecule has 3 rings (SSSR count). The lowest BCUT2D eigenvalue weighted by atomic mass is 10.2. The highest BCUT2D eigenvalue weighted by atomic mass is 16.1. The summed E-state index contributed by atoms with van der Waals surface area (Å²) in [5.41, 5.74) is 2.19. The Labute approximate surface area is 116 Å². The van der Waals surface area contributed by atoms with Crippen molar-refractivity contribution in [3.05, 3.63) is 54.0 Å². The van der Waals surface area contributed by atoms with E-state index >= 15 is 0 Å². The third-order valence-electron chi connectivity index (χ3n) is 3.33. The topological polar surface area (TPSA) is 59.8 Å². The van der Waals surface area contributed by atoms with E-state index in [9.17, 15) is 4.79 Å². The van der Waals surface area contributed by atoms with E-state index in [2.05, 4.69) is 15.3 Å². The first kappa shape index (κ1) is 12.3. The molecule has 0 aliphatic rings. The molecule has 3 aromatic heterocycles. The van der Waals surface area contributed by atoms with E-state index < -0.39 is 0 Å². The molecule has 0 saturated carbocycles. The number of pyridine rings is 2. The second-order valence-electron chi connectivity index (χ2n) is 4.63. The molecule has 0 aromatic carbocycles. The number of aryl methyl sites for hydroxylation is 1. The Morgan fingerprint density at radius 3 is 2.85 bits per heavy atom. The van der Waals surface area contributed by atoms with Crippen molar-refractivity contribution in [3.8, 4) is 0 Å². The maximum atomic E-state index is 12.2. The molecule has 0 atom stereocenters. The number of amides is 1. The number of hydrogen-bond acceptors (Lipinski definition) is 3. The van der Waals surface area contributed by atoms with Gasteiger partial charge in [0.15, 0.2) is 5.65 Å². The summed E-state index contributed by atoms with van der Waals surface area (Å²) in [7, 11) is 1.91. The monoisotopic (exact) mass is 266 g/mol. The number of rotatable bonds is 2. The van der Waals surface area contributed by atoms with Gasteiger partial charge in [-0.1, -0.05) is 0 Å². The van der Waals surface area contributed by atoms with E-state index in [1.807, 2.05) is 42.9 Å². The SMILES string of the molecule is Cc1c(C(=O)Nc2ccc3cccnc3n2)ccn1C. The second-order valence-corrected chi connectivity index (χ2v) is 4.63. The minimum Gasteiger partial charge on any atom is -0.354 e. The molecule has 0 radical (unpaired) electrons. The zero-order valence-electron chi connectivity index (χ0n) is 11.3. The van der Waals surface area contributed by atoms with Crippen LogP contribution in [0, 0.1) is 6.92 Å². The van der Waals surface area contributed by atoms with Crippen LogP contribution in [-0.4, -0.2) is 20.4 Å². The lowest BCUT2D eigenvalue weighted by molar-refractivity contribution is 0.102. The van der Waals surface area contributed by atoms with E-state index in [0.717, 1.165) is 11.1 Å². The van der Waals surface area contributed by atoms with Gasteiger partial charge in [-0.3, -0.25) is 4.79 Å². The van der Waals surface area contributed by atoms with Crippen LogP contribution in [0.4, 0.5) is 5.82 Å². The van der Waals surface area contributed by atoms with E-state index in [-0.39, 0.29) is 5.91 Å². The predicted molar refractivity (Wildman–Crippen MR) is 77.6 cm³/mol. The van der Waals surface area contributed by atoms with Crippen LogP contribution in [0.2, 0.25) is 0 Å². The van der Waals surface area contributed by atoms with Gasteiger partial charge in [0.05, 0.1) is 5.56 Å². The fourth-order valence-corrected chi connectivity index (χ4v) is 2.05. The van der Waals surface area contributed by atoms with Crippen molar-refractivity contribution in [2.45, 2.75) is 6.92 Å². The number of nitrogens with one attached hydrogen (secondary N) is 1. The van der Waals surface area contributed by atoms with Crippen LogP contribution >= 0.6 is 0 Å². The van der Waals surface area contributed by atoms with Crippen LogP contribution in [0.3, 0.4) is 0 Å². The minimum absolute atomic E-state index is 0.161. The molecule has 0 saturated heterocycles. The standard InChI is InChI=1S/C15H14N4O/c1-10-12(7-9-19(10)2)15(20)18-13-6-5-11-4-3-8-16-14(11)17-13/h3-9H,1-2H3,(H,16,17,18,20). The average molecular weight is 266 g/mol. The van der Waals surface area contributed by atoms with Crippen molar-refractivity contribution in [2.24, 2.45) is 7.05 Å². The van der Waals surface area contributed by atoms with Crippen molar-refractivity contribution in [2.75, 3.05) is 5.32 Å². The highest BCUT2D eigenvalue weighted by molar-refractivity contribution is 6.05. The third kappa shape index (κ3) is 2.14. The van der Waals surface area contributed by atoms with Gasteiger partial charge in [0.25, 0.3) is 5.91 Å². The molecule has 0 spiro atoms. The van der Waals surface area contributed by atoms with E-state index in [0.29, 0.717) is 17.0 Å². The van der Waals surface area contributed by atoms with E-state index in [4.69, 9.17) is 0 Å². The van der Waals surface area contributed by atoms with Gasteiger partial charge in [0.1, 0.15) is 5.82 Å². The molecule has 3 heterocycles. The Morgan fingerprint density at radius 2 is 2.10 bits per heavy atom. The maximum Gasteiger partial charge on any atom is 0.258 e. The normalized spacial score (nSPS) is 10.7. The lowest BCUT2D eigenvalue weighted by Gasteiger charge is -2.05. The summed E-state index contributed by atoms with van der Waals surface area (Å²) in [6.45, 7) is 1.91. The van der Waals surface area contributed by atoms with Gasteiger partial charge in [-0.15, -0.1) is 0 Å². The second kappa shape index (κ2) is 4.77. The fourth-order valence-electron chi connectivity index (χ4n) is 2.05. The van der Waals surface area contributed by atoms with Gasteiger partial charge < -0.3 is 9.88 Å². The number of aromatic nitrogens is 3. The van der Waals surface area contributed by atoms with Crippen LogP contribution in [0.15, 0.2) is 42.7 Å². The largest absolute Gasteiger partial charge is 0.354 e. The summed E-state index contributed by atoms with van der Waals surface area (Å²) in [4.78, 5) is 20.7. The molecular formula is C15H14N4O. The van der Waals surface area contributed by atoms with Crippen molar-refractivity contribution in [1.29, 1.82) is 0 Å². The lowest BCUT2D eigenvalue weighted by Crippen LogP contribution is -2.14. The smallest absolute Gasteiger partial charge is 0.258 e. The first-order chi connectivity index (χ1) is 9.65. The Balaban J connectivity index is 1.89. The molecular weight excluding hydrogens is 252 g/mol. The maximum absolute atomic E-state index is 12.2. The molecule has 0 aliphatic carbocycles. The molecule has 5 nitrogen and oxygen atoms in total. The van der Waals surface area contributed by atoms with Crippen molar-refractivity contribution >= 4 is 22.8 Å². The van der Waals surface area contributed by atoms with Gasteiger partial charge in [0.2, 0.25) is 0 Å². The summed E-state index contributed by atoms with van der Waals surface area (Å²) < 4.78 is 1.91. The van der Waals surface area contributed by atoms with Gasteiger partial charge in [-0.2, -0.15) is 0 Å². The number of nitrogens with zero attached hydrogens (tertiary/aromatic N) is 3. The van der Waals surface area contributed by atoms with E-state index in [1.54, 1.807) is 18.3 Å².